The van der Waals surface area contributed by atoms with Crippen LogP contribution >= 0.6 is 11.6 Å². The maximum atomic E-state index is 6.07. The molecular weight excluding hydrogens is 336 g/mol. The Kier molecular flexibility index (Phi) is 5.05. The largest absolute Gasteiger partial charge is 0.497 e. The first-order valence-corrected chi connectivity index (χ1v) is 8.21. The number of rotatable bonds is 5. The van der Waals surface area contributed by atoms with Crippen molar-refractivity contribution in [2.45, 2.75) is 13.8 Å². The van der Waals surface area contributed by atoms with E-state index in [4.69, 9.17) is 16.3 Å². The zero-order chi connectivity index (χ0) is 17.8. The summed E-state index contributed by atoms with van der Waals surface area (Å²) in [5.74, 6) is 2.03. The molecule has 0 aliphatic carbocycles. The van der Waals surface area contributed by atoms with Crippen LogP contribution < -0.4 is 15.4 Å². The Morgan fingerprint density at radius 1 is 0.920 bits per heavy atom. The average Bonchev–Trinajstić information content (AvgIpc) is 2.58. The van der Waals surface area contributed by atoms with Crippen molar-refractivity contribution in [1.29, 1.82) is 0 Å². The fraction of sp³-hybridized carbons (Fsp3) is 0.158. The van der Waals surface area contributed by atoms with Gasteiger partial charge in [-0.15, -0.1) is 0 Å². The topological polar surface area (TPSA) is 59.1 Å². The molecule has 0 atom stereocenters. The van der Waals surface area contributed by atoms with Gasteiger partial charge in [0.15, 0.2) is 0 Å². The number of hydrogen-bond donors (Lipinski definition) is 2. The van der Waals surface area contributed by atoms with Gasteiger partial charge in [-0.25, -0.2) is 4.98 Å². The van der Waals surface area contributed by atoms with Crippen LogP contribution in [-0.2, 0) is 0 Å². The smallest absolute Gasteiger partial charge is 0.229 e. The number of hydrogen-bond acceptors (Lipinski definition) is 5. The van der Waals surface area contributed by atoms with E-state index in [1.807, 2.05) is 62.4 Å². The van der Waals surface area contributed by atoms with Crippen molar-refractivity contribution in [2.24, 2.45) is 0 Å². The lowest BCUT2D eigenvalue weighted by molar-refractivity contribution is 0.415. The van der Waals surface area contributed by atoms with Gasteiger partial charge in [0.05, 0.1) is 7.11 Å². The molecule has 0 spiro atoms. The molecular formula is C19H19ClN4O. The third-order valence-corrected chi connectivity index (χ3v) is 3.90. The van der Waals surface area contributed by atoms with E-state index in [9.17, 15) is 0 Å². The second-order valence-corrected chi connectivity index (χ2v) is 6.09. The summed E-state index contributed by atoms with van der Waals surface area (Å²) in [5.41, 5.74) is 3.73. The lowest BCUT2D eigenvalue weighted by Gasteiger charge is -2.12. The Hall–Kier alpha value is -2.79. The molecule has 1 heterocycles. The molecule has 0 amide bonds. The molecule has 0 saturated heterocycles. The number of methoxy groups -OCH3 is 1. The van der Waals surface area contributed by atoms with Crippen molar-refractivity contribution >= 4 is 34.7 Å². The second kappa shape index (κ2) is 7.40. The first-order chi connectivity index (χ1) is 12.0. The lowest BCUT2D eigenvalue weighted by atomic mass is 10.2. The van der Waals surface area contributed by atoms with Crippen LogP contribution in [0.2, 0.25) is 5.02 Å². The summed E-state index contributed by atoms with van der Waals surface area (Å²) in [7, 11) is 1.64. The zero-order valence-corrected chi connectivity index (χ0v) is 15.1. The number of nitrogens with one attached hydrogen (secondary N) is 2. The Bertz CT molecular complexity index is 881. The van der Waals surface area contributed by atoms with Gasteiger partial charge in [0.25, 0.3) is 0 Å². The van der Waals surface area contributed by atoms with Gasteiger partial charge in [-0.3, -0.25) is 0 Å². The van der Waals surface area contributed by atoms with Crippen molar-refractivity contribution in [1.82, 2.24) is 9.97 Å². The second-order valence-electron chi connectivity index (χ2n) is 5.66. The van der Waals surface area contributed by atoms with Crippen LogP contribution in [0.1, 0.15) is 11.3 Å². The van der Waals surface area contributed by atoms with Crippen LogP contribution in [0.5, 0.6) is 5.75 Å². The molecule has 0 unspecified atom stereocenters. The minimum atomic E-state index is 0.515. The number of aryl methyl sites for hydroxylation is 2. The minimum Gasteiger partial charge on any atom is -0.497 e. The molecule has 3 rings (SSSR count). The predicted molar refractivity (Wildman–Crippen MR) is 103 cm³/mol. The molecule has 5 nitrogen and oxygen atoms in total. The minimum absolute atomic E-state index is 0.515. The molecule has 0 bridgehead atoms. The van der Waals surface area contributed by atoms with E-state index in [1.165, 1.54) is 0 Å². The van der Waals surface area contributed by atoms with Crippen molar-refractivity contribution in [3.8, 4) is 5.75 Å². The van der Waals surface area contributed by atoms with E-state index in [2.05, 4.69) is 20.6 Å². The van der Waals surface area contributed by atoms with Crippen LogP contribution in [0.4, 0.5) is 23.1 Å². The van der Waals surface area contributed by atoms with Gasteiger partial charge in [0.1, 0.15) is 11.6 Å². The molecule has 2 aromatic carbocycles. The molecule has 1 aromatic heterocycles. The number of benzene rings is 2. The number of halogens is 1. The van der Waals surface area contributed by atoms with Crippen LogP contribution in [0.15, 0.2) is 48.5 Å². The van der Waals surface area contributed by atoms with Crippen molar-refractivity contribution in [3.63, 3.8) is 0 Å². The summed E-state index contributed by atoms with van der Waals surface area (Å²) in [6.45, 7) is 3.93. The Labute approximate surface area is 152 Å². The average molecular weight is 355 g/mol. The fourth-order valence-corrected chi connectivity index (χ4v) is 2.53. The van der Waals surface area contributed by atoms with Crippen molar-refractivity contribution in [2.75, 3.05) is 17.7 Å². The molecule has 0 radical (unpaired) electrons. The van der Waals surface area contributed by atoms with Crippen molar-refractivity contribution < 1.29 is 4.74 Å². The number of ether oxygens (including phenoxy) is 1. The molecule has 0 fully saturated rings. The predicted octanol–water partition coefficient (Wildman–Crippen LogP) is 5.24. The van der Waals surface area contributed by atoms with E-state index >= 15 is 0 Å². The Morgan fingerprint density at radius 3 is 2.40 bits per heavy atom. The molecule has 2 N–H and O–H groups in total. The summed E-state index contributed by atoms with van der Waals surface area (Å²) in [6, 6.07) is 15.2. The SMILES string of the molecule is COc1ccc(Nc2cc(C)nc(Nc3cc(Cl)ccc3C)n2)cc1. The van der Waals surface area contributed by atoms with Crippen LogP contribution in [0.3, 0.4) is 0 Å². The lowest BCUT2D eigenvalue weighted by Crippen LogP contribution is -2.03. The molecule has 3 aromatic rings. The van der Waals surface area contributed by atoms with Crippen LogP contribution in [-0.4, -0.2) is 17.1 Å². The van der Waals surface area contributed by atoms with Gasteiger partial charge >= 0.3 is 0 Å². The summed E-state index contributed by atoms with van der Waals surface area (Å²) >= 11 is 6.07. The highest BCUT2D eigenvalue weighted by molar-refractivity contribution is 6.30. The maximum absolute atomic E-state index is 6.07. The highest BCUT2D eigenvalue weighted by Gasteiger charge is 2.06. The van der Waals surface area contributed by atoms with Crippen LogP contribution in [0.25, 0.3) is 0 Å². The van der Waals surface area contributed by atoms with E-state index in [0.717, 1.165) is 28.4 Å². The highest BCUT2D eigenvalue weighted by atomic mass is 35.5. The fourth-order valence-electron chi connectivity index (χ4n) is 2.36. The first-order valence-electron chi connectivity index (χ1n) is 7.83. The standard InChI is InChI=1S/C19H19ClN4O/c1-12-4-5-14(20)11-17(12)23-19-21-13(2)10-18(24-19)22-15-6-8-16(25-3)9-7-15/h4-11H,1-3H3,(H2,21,22,23,24). The maximum Gasteiger partial charge on any atom is 0.229 e. The monoisotopic (exact) mass is 354 g/mol. The summed E-state index contributed by atoms with van der Waals surface area (Å²) in [4.78, 5) is 8.97. The van der Waals surface area contributed by atoms with Gasteiger partial charge in [-0.2, -0.15) is 4.98 Å². The number of aromatic nitrogens is 2. The Morgan fingerprint density at radius 2 is 1.68 bits per heavy atom. The van der Waals surface area contributed by atoms with Gasteiger partial charge in [0, 0.05) is 28.2 Å². The van der Waals surface area contributed by atoms with Gasteiger partial charge in [-0.05, 0) is 55.8 Å². The molecule has 0 saturated carbocycles. The summed E-state index contributed by atoms with van der Waals surface area (Å²) in [6.07, 6.45) is 0. The third-order valence-electron chi connectivity index (χ3n) is 3.66. The van der Waals surface area contributed by atoms with E-state index in [0.29, 0.717) is 16.8 Å². The van der Waals surface area contributed by atoms with Crippen molar-refractivity contribution in [3.05, 3.63) is 64.8 Å². The Balaban J connectivity index is 1.83. The van der Waals surface area contributed by atoms with E-state index < -0.39 is 0 Å². The molecule has 0 aliphatic rings. The molecule has 6 heteroatoms. The molecule has 25 heavy (non-hydrogen) atoms. The summed E-state index contributed by atoms with van der Waals surface area (Å²) in [5, 5.41) is 7.17. The third kappa shape index (κ3) is 4.39. The van der Waals surface area contributed by atoms with Gasteiger partial charge in [0.2, 0.25) is 5.95 Å². The summed E-state index contributed by atoms with van der Waals surface area (Å²) < 4.78 is 5.17. The quantitative estimate of drug-likeness (QED) is 0.656. The molecule has 128 valence electrons. The first kappa shape index (κ1) is 17.0. The van der Waals surface area contributed by atoms with Gasteiger partial charge < -0.3 is 15.4 Å². The van der Waals surface area contributed by atoms with E-state index in [-0.39, 0.29) is 0 Å². The van der Waals surface area contributed by atoms with E-state index in [1.54, 1.807) is 7.11 Å². The highest BCUT2D eigenvalue weighted by Crippen LogP contribution is 2.24. The number of anilines is 4. The molecule has 0 aliphatic heterocycles. The van der Waals surface area contributed by atoms with Gasteiger partial charge in [-0.1, -0.05) is 17.7 Å². The zero-order valence-electron chi connectivity index (χ0n) is 14.3. The number of nitrogens with zero attached hydrogens (tertiary/aromatic N) is 2. The normalized spacial score (nSPS) is 10.4. The van der Waals surface area contributed by atoms with Crippen LogP contribution in [0, 0.1) is 13.8 Å².